The van der Waals surface area contributed by atoms with Crippen LogP contribution >= 0.6 is 0 Å². The van der Waals surface area contributed by atoms with Gasteiger partial charge in [-0.05, 0) is 50.6 Å². The van der Waals surface area contributed by atoms with Gasteiger partial charge in [-0.1, -0.05) is 23.8 Å². The monoisotopic (exact) mass is 419 g/mol. The SMILES string of the molecule is Cc1ccc(S(=O)(=O)N2CCN(C(C)C(=O)Nc3cccc(F)c3)CC2)c(C)c1. The maximum Gasteiger partial charge on any atom is 0.243 e. The van der Waals surface area contributed by atoms with Crippen LogP contribution in [-0.2, 0) is 14.8 Å². The van der Waals surface area contributed by atoms with Crippen LogP contribution in [0.15, 0.2) is 47.4 Å². The number of piperazine rings is 1. The minimum Gasteiger partial charge on any atom is -0.325 e. The summed E-state index contributed by atoms with van der Waals surface area (Å²) in [7, 11) is -3.57. The van der Waals surface area contributed by atoms with Crippen LogP contribution in [0.2, 0.25) is 0 Å². The molecular weight excluding hydrogens is 393 g/mol. The van der Waals surface area contributed by atoms with Crippen LogP contribution in [0, 0.1) is 19.7 Å². The van der Waals surface area contributed by atoms with E-state index in [0.717, 1.165) is 11.1 Å². The Morgan fingerprint density at radius 3 is 2.38 bits per heavy atom. The highest BCUT2D eigenvalue weighted by Gasteiger charge is 2.32. The molecule has 29 heavy (non-hydrogen) atoms. The Balaban J connectivity index is 1.62. The number of nitrogens with zero attached hydrogens (tertiary/aromatic N) is 2. The van der Waals surface area contributed by atoms with Gasteiger partial charge < -0.3 is 5.32 Å². The van der Waals surface area contributed by atoms with E-state index < -0.39 is 21.9 Å². The Hall–Kier alpha value is -2.29. The lowest BCUT2D eigenvalue weighted by molar-refractivity contribution is -0.121. The predicted octanol–water partition coefficient (Wildman–Crippen LogP) is 2.78. The van der Waals surface area contributed by atoms with E-state index in [1.54, 1.807) is 32.0 Å². The average Bonchev–Trinajstić information content (AvgIpc) is 2.67. The maximum absolute atomic E-state index is 13.3. The lowest BCUT2D eigenvalue weighted by Crippen LogP contribution is -2.54. The minimum absolute atomic E-state index is 0.249. The summed E-state index contributed by atoms with van der Waals surface area (Å²) in [5.41, 5.74) is 2.15. The maximum atomic E-state index is 13.3. The summed E-state index contributed by atoms with van der Waals surface area (Å²) in [5, 5.41) is 2.71. The van der Waals surface area contributed by atoms with Crippen molar-refractivity contribution in [3.63, 3.8) is 0 Å². The number of nitrogens with one attached hydrogen (secondary N) is 1. The number of carbonyl (C=O) groups is 1. The van der Waals surface area contributed by atoms with E-state index in [2.05, 4.69) is 5.32 Å². The molecule has 8 heteroatoms. The Labute approximate surface area is 171 Å². The largest absolute Gasteiger partial charge is 0.325 e. The molecule has 1 aliphatic heterocycles. The second-order valence-electron chi connectivity index (χ2n) is 7.38. The molecule has 0 aromatic heterocycles. The minimum atomic E-state index is -3.57. The van der Waals surface area contributed by atoms with Crippen molar-refractivity contribution in [2.75, 3.05) is 31.5 Å². The number of benzene rings is 2. The van der Waals surface area contributed by atoms with Crippen molar-refractivity contribution in [3.05, 3.63) is 59.4 Å². The molecule has 1 atom stereocenters. The smallest absolute Gasteiger partial charge is 0.243 e. The molecule has 1 saturated heterocycles. The zero-order valence-corrected chi connectivity index (χ0v) is 17.7. The Morgan fingerprint density at radius 1 is 1.07 bits per heavy atom. The van der Waals surface area contributed by atoms with Crippen LogP contribution in [0.5, 0.6) is 0 Å². The van der Waals surface area contributed by atoms with Crippen molar-refractivity contribution in [1.29, 1.82) is 0 Å². The highest BCUT2D eigenvalue weighted by Crippen LogP contribution is 2.23. The van der Waals surface area contributed by atoms with Gasteiger partial charge in [0.15, 0.2) is 0 Å². The number of anilines is 1. The normalized spacial score (nSPS) is 17.1. The fourth-order valence-corrected chi connectivity index (χ4v) is 5.17. The van der Waals surface area contributed by atoms with Gasteiger partial charge in [-0.25, -0.2) is 12.8 Å². The van der Waals surface area contributed by atoms with Gasteiger partial charge in [0.05, 0.1) is 10.9 Å². The van der Waals surface area contributed by atoms with Crippen LogP contribution in [0.4, 0.5) is 10.1 Å². The molecule has 1 N–H and O–H groups in total. The summed E-state index contributed by atoms with van der Waals surface area (Å²) in [6.07, 6.45) is 0. The van der Waals surface area contributed by atoms with E-state index in [1.165, 1.54) is 22.5 Å². The third-order valence-electron chi connectivity index (χ3n) is 5.24. The summed E-state index contributed by atoms with van der Waals surface area (Å²) in [6, 6.07) is 10.6. The van der Waals surface area contributed by atoms with Crippen LogP contribution in [0.1, 0.15) is 18.1 Å². The third kappa shape index (κ3) is 4.83. The molecule has 1 aliphatic rings. The van der Waals surface area contributed by atoms with E-state index in [-0.39, 0.29) is 5.91 Å². The van der Waals surface area contributed by atoms with Crippen LogP contribution < -0.4 is 5.32 Å². The number of halogens is 1. The van der Waals surface area contributed by atoms with Gasteiger partial charge in [0, 0.05) is 31.9 Å². The van der Waals surface area contributed by atoms with Gasteiger partial charge in [0.2, 0.25) is 15.9 Å². The van der Waals surface area contributed by atoms with Gasteiger partial charge in [-0.2, -0.15) is 4.31 Å². The van der Waals surface area contributed by atoms with E-state index in [4.69, 9.17) is 0 Å². The molecule has 0 aliphatic carbocycles. The zero-order valence-electron chi connectivity index (χ0n) is 16.9. The summed E-state index contributed by atoms with van der Waals surface area (Å²) >= 11 is 0. The quantitative estimate of drug-likeness (QED) is 0.809. The van der Waals surface area contributed by atoms with E-state index >= 15 is 0 Å². The van der Waals surface area contributed by atoms with Crippen LogP contribution in [0.3, 0.4) is 0 Å². The first-order valence-corrected chi connectivity index (χ1v) is 11.0. The number of hydrogen-bond acceptors (Lipinski definition) is 4. The van der Waals surface area contributed by atoms with Gasteiger partial charge in [0.1, 0.15) is 5.82 Å². The van der Waals surface area contributed by atoms with Crippen LogP contribution in [-0.4, -0.2) is 55.8 Å². The van der Waals surface area contributed by atoms with Crippen molar-refractivity contribution >= 4 is 21.6 Å². The molecule has 0 radical (unpaired) electrons. The van der Waals surface area contributed by atoms with Gasteiger partial charge in [-0.3, -0.25) is 9.69 Å². The third-order valence-corrected chi connectivity index (χ3v) is 7.30. The molecule has 1 amide bonds. The van der Waals surface area contributed by atoms with Gasteiger partial charge in [0.25, 0.3) is 0 Å². The highest BCUT2D eigenvalue weighted by atomic mass is 32.2. The average molecular weight is 420 g/mol. The molecule has 1 heterocycles. The van der Waals surface area contributed by atoms with Crippen molar-refractivity contribution in [2.45, 2.75) is 31.7 Å². The summed E-state index contributed by atoms with van der Waals surface area (Å²) in [5.74, 6) is -0.665. The van der Waals surface area contributed by atoms with Crippen LogP contribution in [0.25, 0.3) is 0 Å². The molecule has 0 bridgehead atoms. The van der Waals surface area contributed by atoms with E-state index in [1.807, 2.05) is 17.9 Å². The zero-order chi connectivity index (χ0) is 21.2. The van der Waals surface area contributed by atoms with E-state index in [0.29, 0.717) is 36.8 Å². The molecule has 156 valence electrons. The fraction of sp³-hybridized carbons (Fsp3) is 0.381. The second-order valence-corrected chi connectivity index (χ2v) is 9.29. The predicted molar refractivity (Wildman–Crippen MR) is 111 cm³/mol. The number of rotatable bonds is 5. The fourth-order valence-electron chi connectivity index (χ4n) is 3.54. The second kappa shape index (κ2) is 8.61. The molecule has 0 spiro atoms. The summed E-state index contributed by atoms with van der Waals surface area (Å²) < 4.78 is 40.8. The first kappa shape index (κ1) is 21.4. The number of hydrogen-bond donors (Lipinski definition) is 1. The molecule has 1 fully saturated rings. The molecule has 2 aromatic rings. The lowest BCUT2D eigenvalue weighted by Gasteiger charge is -2.36. The lowest BCUT2D eigenvalue weighted by atomic mass is 10.2. The number of carbonyl (C=O) groups excluding carboxylic acids is 1. The molecule has 6 nitrogen and oxygen atoms in total. The van der Waals surface area contributed by atoms with Crippen molar-refractivity contribution in [3.8, 4) is 0 Å². The number of sulfonamides is 1. The summed E-state index contributed by atoms with van der Waals surface area (Å²) in [4.78, 5) is 14.8. The molecule has 0 saturated carbocycles. The number of amides is 1. The standard InChI is InChI=1S/C21H26FN3O3S/c1-15-7-8-20(16(2)13-15)29(27,28)25-11-9-24(10-12-25)17(3)21(26)23-19-6-4-5-18(22)14-19/h4-8,13-14,17H,9-12H2,1-3H3,(H,23,26). The Bertz CT molecular complexity index is 1000. The van der Waals surface area contributed by atoms with Gasteiger partial charge >= 0.3 is 0 Å². The van der Waals surface area contributed by atoms with Crippen molar-refractivity contribution in [2.24, 2.45) is 0 Å². The topological polar surface area (TPSA) is 69.7 Å². The molecule has 3 rings (SSSR count). The van der Waals surface area contributed by atoms with Crippen molar-refractivity contribution in [1.82, 2.24) is 9.21 Å². The van der Waals surface area contributed by atoms with E-state index in [9.17, 15) is 17.6 Å². The van der Waals surface area contributed by atoms with Gasteiger partial charge in [-0.15, -0.1) is 0 Å². The number of aryl methyl sites for hydroxylation is 2. The molecule has 2 aromatic carbocycles. The molecular formula is C21H26FN3O3S. The first-order valence-electron chi connectivity index (χ1n) is 9.56. The Kier molecular flexibility index (Phi) is 6.36. The molecule has 1 unspecified atom stereocenters. The Morgan fingerprint density at radius 2 is 1.76 bits per heavy atom. The first-order chi connectivity index (χ1) is 13.7. The van der Waals surface area contributed by atoms with Crippen molar-refractivity contribution < 1.29 is 17.6 Å². The highest BCUT2D eigenvalue weighted by molar-refractivity contribution is 7.89. The summed E-state index contributed by atoms with van der Waals surface area (Å²) in [6.45, 7) is 7.01.